The Balaban J connectivity index is 2.47. The molecule has 1 atom stereocenters. The van der Waals surface area contributed by atoms with Crippen LogP contribution in [-0.4, -0.2) is 31.5 Å². The van der Waals surface area contributed by atoms with E-state index < -0.39 is 0 Å². The van der Waals surface area contributed by atoms with Gasteiger partial charge in [0.2, 0.25) is 5.91 Å². The van der Waals surface area contributed by atoms with Crippen LogP contribution in [0.3, 0.4) is 0 Å². The number of benzene rings is 1. The third kappa shape index (κ3) is 5.72. The fourth-order valence-electron chi connectivity index (χ4n) is 1.71. The number of rotatable bonds is 7. The van der Waals surface area contributed by atoms with Gasteiger partial charge in [0.1, 0.15) is 5.75 Å². The normalized spacial score (nSPS) is 11.6. The minimum Gasteiger partial charge on any atom is -0.497 e. The molecule has 0 bridgehead atoms. The Labute approximate surface area is 125 Å². The van der Waals surface area contributed by atoms with Crippen molar-refractivity contribution in [3.8, 4) is 5.75 Å². The van der Waals surface area contributed by atoms with Crippen LogP contribution in [0.15, 0.2) is 18.2 Å². The second kappa shape index (κ2) is 8.14. The maximum Gasteiger partial charge on any atom is 0.251 e. The van der Waals surface area contributed by atoms with Gasteiger partial charge in [0, 0.05) is 36.3 Å². The largest absolute Gasteiger partial charge is 0.497 e. The summed E-state index contributed by atoms with van der Waals surface area (Å²) >= 11 is 0. The molecule has 0 heterocycles. The summed E-state index contributed by atoms with van der Waals surface area (Å²) in [6.45, 7) is 4.22. The highest BCUT2D eigenvalue weighted by Gasteiger charge is 2.10. The van der Waals surface area contributed by atoms with Gasteiger partial charge in [-0.1, -0.05) is 6.92 Å². The summed E-state index contributed by atoms with van der Waals surface area (Å²) < 4.78 is 5.06. The van der Waals surface area contributed by atoms with Gasteiger partial charge in [-0.15, -0.1) is 0 Å². The first-order valence-corrected chi connectivity index (χ1v) is 6.98. The Hall–Kier alpha value is -2.24. The van der Waals surface area contributed by atoms with Gasteiger partial charge in [-0.3, -0.25) is 9.59 Å². The van der Waals surface area contributed by atoms with E-state index in [1.165, 1.54) is 7.11 Å². The highest BCUT2D eigenvalue weighted by molar-refractivity contribution is 5.95. The minimum absolute atomic E-state index is 0.0743. The van der Waals surface area contributed by atoms with Gasteiger partial charge in [0.25, 0.3) is 5.91 Å². The quantitative estimate of drug-likeness (QED) is 0.661. The van der Waals surface area contributed by atoms with Crippen LogP contribution in [0.2, 0.25) is 0 Å². The smallest absolute Gasteiger partial charge is 0.251 e. The molecule has 6 heteroatoms. The molecule has 0 aliphatic rings. The number of nitrogens with two attached hydrogens (primary N) is 1. The Bertz CT molecular complexity index is 503. The van der Waals surface area contributed by atoms with Crippen molar-refractivity contribution in [2.45, 2.75) is 32.7 Å². The molecule has 1 rings (SSSR count). The zero-order chi connectivity index (χ0) is 15.8. The second-order valence-corrected chi connectivity index (χ2v) is 4.88. The van der Waals surface area contributed by atoms with E-state index in [2.05, 4.69) is 10.6 Å². The van der Waals surface area contributed by atoms with E-state index in [-0.39, 0.29) is 30.8 Å². The van der Waals surface area contributed by atoms with Gasteiger partial charge in [-0.2, -0.15) is 0 Å². The summed E-state index contributed by atoms with van der Waals surface area (Å²) in [6, 6.07) is 4.95. The van der Waals surface area contributed by atoms with Gasteiger partial charge < -0.3 is 21.1 Å². The molecular formula is C15H23N3O3. The van der Waals surface area contributed by atoms with Crippen LogP contribution in [0, 0.1) is 0 Å². The molecule has 0 fully saturated rings. The zero-order valence-corrected chi connectivity index (χ0v) is 12.7. The Kier molecular flexibility index (Phi) is 6.52. The molecule has 0 saturated heterocycles. The van der Waals surface area contributed by atoms with Crippen LogP contribution in [0.4, 0.5) is 5.69 Å². The molecule has 0 radical (unpaired) electrons. The molecule has 4 N–H and O–H groups in total. The van der Waals surface area contributed by atoms with Gasteiger partial charge >= 0.3 is 0 Å². The van der Waals surface area contributed by atoms with E-state index in [0.717, 1.165) is 6.42 Å². The number of methoxy groups -OCH3 is 1. The van der Waals surface area contributed by atoms with E-state index in [0.29, 0.717) is 17.0 Å². The van der Waals surface area contributed by atoms with Crippen LogP contribution in [0.1, 0.15) is 37.0 Å². The monoisotopic (exact) mass is 293 g/mol. The van der Waals surface area contributed by atoms with Gasteiger partial charge in [-0.25, -0.2) is 0 Å². The van der Waals surface area contributed by atoms with Crippen molar-refractivity contribution >= 4 is 17.5 Å². The molecule has 116 valence electrons. The third-order valence-corrected chi connectivity index (χ3v) is 3.08. The maximum atomic E-state index is 12.0. The highest BCUT2D eigenvalue weighted by Crippen LogP contribution is 2.18. The van der Waals surface area contributed by atoms with Crippen LogP contribution in [0.5, 0.6) is 5.75 Å². The fourth-order valence-corrected chi connectivity index (χ4v) is 1.71. The lowest BCUT2D eigenvalue weighted by Gasteiger charge is -2.12. The van der Waals surface area contributed by atoms with E-state index in [1.54, 1.807) is 18.2 Å². The molecule has 1 aromatic rings. The number of carbonyl (C=O) groups excluding carboxylic acids is 2. The van der Waals surface area contributed by atoms with E-state index in [9.17, 15) is 9.59 Å². The number of anilines is 1. The number of hydrogen-bond acceptors (Lipinski definition) is 4. The molecule has 0 aliphatic carbocycles. The SMILES string of the molecule is CCC(C)NC(=O)CCNC(=O)c1cc(N)cc(OC)c1. The van der Waals surface area contributed by atoms with Crippen molar-refractivity contribution in [3.05, 3.63) is 23.8 Å². The third-order valence-electron chi connectivity index (χ3n) is 3.08. The Morgan fingerprint density at radius 3 is 2.67 bits per heavy atom. The molecular weight excluding hydrogens is 270 g/mol. The van der Waals surface area contributed by atoms with Crippen molar-refractivity contribution in [2.24, 2.45) is 0 Å². The van der Waals surface area contributed by atoms with Crippen LogP contribution < -0.4 is 21.1 Å². The first kappa shape index (κ1) is 16.8. The lowest BCUT2D eigenvalue weighted by molar-refractivity contribution is -0.121. The summed E-state index contributed by atoms with van der Waals surface area (Å²) in [7, 11) is 1.51. The van der Waals surface area contributed by atoms with Gasteiger partial charge in [0.05, 0.1) is 7.11 Å². The summed E-state index contributed by atoms with van der Waals surface area (Å²) in [5.74, 6) is 0.168. The van der Waals surface area contributed by atoms with E-state index in [1.807, 2.05) is 13.8 Å². The summed E-state index contributed by atoms with van der Waals surface area (Å²) in [5.41, 5.74) is 6.56. The standard InChI is InChI=1S/C15H23N3O3/c1-4-10(2)18-14(19)5-6-17-15(20)11-7-12(16)9-13(8-11)21-3/h7-10H,4-6,16H2,1-3H3,(H,17,20)(H,18,19). The summed E-state index contributed by atoms with van der Waals surface area (Å²) in [6.07, 6.45) is 1.12. The van der Waals surface area contributed by atoms with Gasteiger partial charge in [0.15, 0.2) is 0 Å². The molecule has 1 unspecified atom stereocenters. The molecule has 1 aromatic carbocycles. The van der Waals surface area contributed by atoms with Crippen LogP contribution in [-0.2, 0) is 4.79 Å². The van der Waals surface area contributed by atoms with E-state index in [4.69, 9.17) is 10.5 Å². The number of ether oxygens (including phenoxy) is 1. The summed E-state index contributed by atoms with van der Waals surface area (Å²) in [4.78, 5) is 23.6. The lowest BCUT2D eigenvalue weighted by atomic mass is 10.1. The lowest BCUT2D eigenvalue weighted by Crippen LogP contribution is -2.35. The average molecular weight is 293 g/mol. The molecule has 21 heavy (non-hydrogen) atoms. The number of carbonyl (C=O) groups is 2. The van der Waals surface area contributed by atoms with Crippen molar-refractivity contribution in [1.29, 1.82) is 0 Å². The van der Waals surface area contributed by atoms with E-state index >= 15 is 0 Å². The maximum absolute atomic E-state index is 12.0. The predicted molar refractivity (Wildman–Crippen MR) is 82.3 cm³/mol. The average Bonchev–Trinajstić information content (AvgIpc) is 2.46. The topological polar surface area (TPSA) is 93.5 Å². The van der Waals surface area contributed by atoms with Gasteiger partial charge in [-0.05, 0) is 25.5 Å². The first-order chi connectivity index (χ1) is 9.96. The molecule has 0 spiro atoms. The zero-order valence-electron chi connectivity index (χ0n) is 12.7. The van der Waals surface area contributed by atoms with Crippen molar-refractivity contribution in [3.63, 3.8) is 0 Å². The highest BCUT2D eigenvalue weighted by atomic mass is 16.5. The summed E-state index contributed by atoms with van der Waals surface area (Å²) in [5, 5.41) is 5.53. The number of nitrogens with one attached hydrogen (secondary N) is 2. The molecule has 2 amide bonds. The fraction of sp³-hybridized carbons (Fsp3) is 0.467. The molecule has 6 nitrogen and oxygen atoms in total. The number of hydrogen-bond donors (Lipinski definition) is 3. The van der Waals surface area contributed by atoms with Crippen molar-refractivity contribution in [1.82, 2.24) is 10.6 Å². The Morgan fingerprint density at radius 1 is 1.33 bits per heavy atom. The molecule has 0 saturated carbocycles. The van der Waals surface area contributed by atoms with Crippen molar-refractivity contribution in [2.75, 3.05) is 19.4 Å². The molecule has 0 aliphatic heterocycles. The van der Waals surface area contributed by atoms with Crippen LogP contribution in [0.25, 0.3) is 0 Å². The predicted octanol–water partition coefficient (Wildman–Crippen LogP) is 1.31. The molecule has 0 aromatic heterocycles. The minimum atomic E-state index is -0.281. The van der Waals surface area contributed by atoms with Crippen molar-refractivity contribution < 1.29 is 14.3 Å². The Morgan fingerprint density at radius 2 is 2.05 bits per heavy atom. The number of nitrogen functional groups attached to an aromatic ring is 1. The first-order valence-electron chi connectivity index (χ1n) is 6.98. The second-order valence-electron chi connectivity index (χ2n) is 4.88. The van der Waals surface area contributed by atoms with Crippen LogP contribution >= 0.6 is 0 Å². The number of amides is 2.